The Hall–Kier alpha value is -4.50. The van der Waals surface area contributed by atoms with Crippen LogP contribution in [0, 0.1) is 0 Å². The summed E-state index contributed by atoms with van der Waals surface area (Å²) in [4.78, 5) is 41.4. The molecule has 1 aliphatic heterocycles. The number of fused-ring (bicyclic) bond motifs is 1. The van der Waals surface area contributed by atoms with Crippen molar-refractivity contribution in [1.82, 2.24) is 4.98 Å². The van der Waals surface area contributed by atoms with Gasteiger partial charge in [-0.25, -0.2) is 9.88 Å². The van der Waals surface area contributed by atoms with Crippen molar-refractivity contribution >= 4 is 34.3 Å². The minimum atomic E-state index is -1.28. The number of benzene rings is 3. The molecule has 2 heterocycles. The van der Waals surface area contributed by atoms with Gasteiger partial charge in [-0.3, -0.25) is 9.59 Å². The Balaban J connectivity index is 1.31. The average Bonchev–Trinajstić information content (AvgIpc) is 3.42. The molecule has 162 valence electrons. The van der Waals surface area contributed by atoms with E-state index in [1.165, 1.54) is 35.7 Å². The molecule has 33 heavy (non-hydrogen) atoms. The van der Waals surface area contributed by atoms with E-state index in [4.69, 9.17) is 9.47 Å². The number of carbonyl (C=O) groups excluding carboxylic acids is 3. The number of imide groups is 1. The number of aromatic nitrogens is 1. The number of carbonyl (C=O) groups is 3. The second-order valence-electron chi connectivity index (χ2n) is 6.96. The topological polar surface area (TPSA) is 109 Å². The van der Waals surface area contributed by atoms with E-state index in [0.717, 1.165) is 4.90 Å². The molecule has 0 atom stereocenters. The molecule has 0 N–H and O–H groups in total. The maximum atomic E-state index is 12.8. The van der Waals surface area contributed by atoms with E-state index in [1.807, 2.05) is 0 Å². The molecule has 8 nitrogen and oxygen atoms in total. The number of nitrogens with zero attached hydrogens (tertiary/aromatic N) is 2. The normalized spacial score (nSPS) is 12.5. The molecule has 2 amide bonds. The highest BCUT2D eigenvalue weighted by molar-refractivity contribution is 7.14. The van der Waals surface area contributed by atoms with E-state index in [1.54, 1.807) is 53.9 Å². The van der Waals surface area contributed by atoms with Gasteiger partial charge in [-0.05, 0) is 54.6 Å². The summed E-state index contributed by atoms with van der Waals surface area (Å²) < 4.78 is 11.5. The van der Waals surface area contributed by atoms with Crippen molar-refractivity contribution in [3.05, 3.63) is 95.0 Å². The zero-order valence-electron chi connectivity index (χ0n) is 16.8. The third kappa shape index (κ3) is 3.92. The lowest BCUT2D eigenvalue weighted by molar-refractivity contribution is -0.255. The van der Waals surface area contributed by atoms with Crippen LogP contribution in [0.3, 0.4) is 0 Å². The van der Waals surface area contributed by atoms with E-state index in [0.29, 0.717) is 33.7 Å². The van der Waals surface area contributed by atoms with Gasteiger partial charge in [0.2, 0.25) is 0 Å². The van der Waals surface area contributed by atoms with Gasteiger partial charge in [0.05, 0.1) is 17.1 Å². The predicted molar refractivity (Wildman–Crippen MR) is 117 cm³/mol. The Bertz CT molecular complexity index is 1380. The van der Waals surface area contributed by atoms with Crippen molar-refractivity contribution in [2.45, 2.75) is 0 Å². The first-order chi connectivity index (χ1) is 16.0. The van der Waals surface area contributed by atoms with E-state index < -0.39 is 17.8 Å². The molecule has 9 heteroatoms. The molecular formula is C24H13N2O6S-. The monoisotopic (exact) mass is 457 g/mol. The van der Waals surface area contributed by atoms with Crippen LogP contribution in [0.4, 0.5) is 5.13 Å². The summed E-state index contributed by atoms with van der Waals surface area (Å²) in [6.07, 6.45) is 1.53. The van der Waals surface area contributed by atoms with E-state index in [-0.39, 0.29) is 11.1 Å². The summed E-state index contributed by atoms with van der Waals surface area (Å²) in [6.45, 7) is 0. The number of amides is 2. The number of carboxylic acid groups (broad SMARTS) is 1. The lowest BCUT2D eigenvalue weighted by Crippen LogP contribution is -2.29. The van der Waals surface area contributed by atoms with Crippen molar-refractivity contribution in [2.24, 2.45) is 0 Å². The lowest BCUT2D eigenvalue weighted by Gasteiger charge is -2.10. The largest absolute Gasteiger partial charge is 0.545 e. The second-order valence-corrected chi connectivity index (χ2v) is 7.83. The fourth-order valence-electron chi connectivity index (χ4n) is 3.32. The molecule has 5 rings (SSSR count). The minimum Gasteiger partial charge on any atom is -0.545 e. The molecule has 0 spiro atoms. The summed E-state index contributed by atoms with van der Waals surface area (Å²) in [7, 11) is 0. The number of hydrogen-bond donors (Lipinski definition) is 0. The molecule has 0 fully saturated rings. The van der Waals surface area contributed by atoms with Crippen LogP contribution < -0.4 is 19.5 Å². The zero-order chi connectivity index (χ0) is 22.9. The smallest absolute Gasteiger partial charge is 0.268 e. The van der Waals surface area contributed by atoms with Crippen LogP contribution in [0.2, 0.25) is 0 Å². The molecule has 0 unspecified atom stereocenters. The molecule has 0 bridgehead atoms. The molecule has 3 aromatic carbocycles. The number of carboxylic acids is 1. The number of thiazole rings is 1. The Kier molecular flexibility index (Phi) is 5.08. The third-order valence-corrected chi connectivity index (χ3v) is 5.59. The van der Waals surface area contributed by atoms with Crippen LogP contribution >= 0.6 is 11.3 Å². The number of aromatic carboxylic acids is 1. The van der Waals surface area contributed by atoms with Gasteiger partial charge >= 0.3 is 0 Å². The second kappa shape index (κ2) is 8.21. The molecule has 4 aromatic rings. The average molecular weight is 457 g/mol. The van der Waals surface area contributed by atoms with Gasteiger partial charge in [-0.1, -0.05) is 12.1 Å². The zero-order valence-corrected chi connectivity index (χ0v) is 17.6. The third-order valence-electron chi connectivity index (χ3n) is 4.83. The van der Waals surface area contributed by atoms with Gasteiger partial charge in [0, 0.05) is 17.1 Å². The Morgan fingerprint density at radius 2 is 1.45 bits per heavy atom. The van der Waals surface area contributed by atoms with Gasteiger partial charge in [0.15, 0.2) is 5.13 Å². The predicted octanol–water partition coefficient (Wildman–Crippen LogP) is 3.89. The van der Waals surface area contributed by atoms with Crippen molar-refractivity contribution in [3.63, 3.8) is 0 Å². The summed E-state index contributed by atoms with van der Waals surface area (Å²) in [5.41, 5.74) is 0.566. The first-order valence-corrected chi connectivity index (χ1v) is 10.6. The Morgan fingerprint density at radius 3 is 2.09 bits per heavy atom. The van der Waals surface area contributed by atoms with E-state index in [9.17, 15) is 19.5 Å². The van der Waals surface area contributed by atoms with E-state index >= 15 is 0 Å². The van der Waals surface area contributed by atoms with Gasteiger partial charge in [-0.2, -0.15) is 0 Å². The molecular weight excluding hydrogens is 444 g/mol. The van der Waals surface area contributed by atoms with Crippen LogP contribution in [-0.4, -0.2) is 22.8 Å². The number of hydrogen-bond acceptors (Lipinski definition) is 8. The lowest BCUT2D eigenvalue weighted by atomic mass is 10.1. The first-order valence-electron chi connectivity index (χ1n) is 9.69. The molecule has 0 radical (unpaired) electrons. The number of ether oxygens (including phenoxy) is 2. The van der Waals surface area contributed by atoms with Crippen molar-refractivity contribution in [2.75, 3.05) is 4.90 Å². The maximum Gasteiger partial charge on any atom is 0.268 e. The van der Waals surface area contributed by atoms with Crippen molar-refractivity contribution < 1.29 is 29.0 Å². The van der Waals surface area contributed by atoms with Gasteiger partial charge in [-0.15, -0.1) is 11.3 Å². The number of rotatable bonds is 6. The van der Waals surface area contributed by atoms with Crippen molar-refractivity contribution in [3.8, 4) is 23.0 Å². The summed E-state index contributed by atoms with van der Waals surface area (Å²) in [6, 6.07) is 17.3. The van der Waals surface area contributed by atoms with Crippen LogP contribution in [0.25, 0.3) is 0 Å². The van der Waals surface area contributed by atoms with E-state index in [2.05, 4.69) is 4.98 Å². The van der Waals surface area contributed by atoms with Gasteiger partial charge in [0.25, 0.3) is 11.8 Å². The SMILES string of the molecule is O=C([O-])c1cccc(Oc2ccc(Oc3ccc4c(c3)C(=O)N(c3nccs3)C4=O)cc2)c1. The quantitative estimate of drug-likeness (QED) is 0.404. The van der Waals surface area contributed by atoms with Gasteiger partial charge in [0.1, 0.15) is 23.0 Å². The molecule has 1 aliphatic rings. The fourth-order valence-corrected chi connectivity index (χ4v) is 3.95. The van der Waals surface area contributed by atoms with Gasteiger partial charge < -0.3 is 19.4 Å². The maximum absolute atomic E-state index is 12.8. The van der Waals surface area contributed by atoms with Crippen molar-refractivity contribution in [1.29, 1.82) is 0 Å². The van der Waals surface area contributed by atoms with Crippen LogP contribution in [0.15, 0.2) is 78.3 Å². The summed E-state index contributed by atoms with van der Waals surface area (Å²) in [5.74, 6) is -0.429. The Labute approximate surface area is 191 Å². The highest BCUT2D eigenvalue weighted by Gasteiger charge is 2.38. The standard InChI is InChI=1S/C24H14N2O6S/c27-21-19-9-8-18(13-20(19)22(28)26(21)24-25-10-11-33-24)32-16-6-4-15(5-7-16)31-17-3-1-2-14(12-17)23(29)30/h1-13H,(H,29,30)/p-1. The highest BCUT2D eigenvalue weighted by Crippen LogP contribution is 2.33. The van der Waals surface area contributed by atoms with Crippen LogP contribution in [0.5, 0.6) is 23.0 Å². The minimum absolute atomic E-state index is 0.0190. The first kappa shape index (κ1) is 20.4. The molecule has 0 saturated carbocycles. The highest BCUT2D eigenvalue weighted by atomic mass is 32.1. The number of anilines is 1. The fraction of sp³-hybridized carbons (Fsp3) is 0. The molecule has 0 saturated heterocycles. The summed E-state index contributed by atoms with van der Waals surface area (Å²) >= 11 is 1.21. The van der Waals surface area contributed by atoms with Crippen LogP contribution in [-0.2, 0) is 0 Å². The summed E-state index contributed by atoms with van der Waals surface area (Å²) in [5, 5.41) is 13.0. The Morgan fingerprint density at radius 1 is 0.818 bits per heavy atom. The molecule has 0 aliphatic carbocycles. The molecule has 1 aromatic heterocycles. The van der Waals surface area contributed by atoms with Crippen LogP contribution in [0.1, 0.15) is 31.1 Å².